The van der Waals surface area contributed by atoms with Gasteiger partial charge in [-0.15, -0.1) is 0 Å². The van der Waals surface area contributed by atoms with Gasteiger partial charge in [0.15, 0.2) is 23.1 Å². The van der Waals surface area contributed by atoms with Crippen LogP contribution in [0.4, 0.5) is 5.82 Å². The number of aromatic nitrogens is 1. The van der Waals surface area contributed by atoms with Crippen molar-refractivity contribution in [2.24, 2.45) is 0 Å². The van der Waals surface area contributed by atoms with E-state index in [1.807, 2.05) is 19.1 Å². The summed E-state index contributed by atoms with van der Waals surface area (Å²) in [5.41, 5.74) is 7.53. The Morgan fingerprint density at radius 3 is 2.50 bits per heavy atom. The highest BCUT2D eigenvalue weighted by molar-refractivity contribution is 5.68. The van der Waals surface area contributed by atoms with Gasteiger partial charge in [0.05, 0.1) is 13.2 Å². The van der Waals surface area contributed by atoms with Gasteiger partial charge in [0.25, 0.3) is 0 Å². The molecule has 1 aromatic carbocycles. The standard InChI is InChI=1S/C13H14N2O3/c1-8-5-11-12(17-4-2-3-16-11)6-9(8)10-7-13(14)15-18-10/h5-7H,2-4H2,1H3,(H2,14,15). The summed E-state index contributed by atoms with van der Waals surface area (Å²) in [4.78, 5) is 0. The lowest BCUT2D eigenvalue weighted by Crippen LogP contribution is -1.97. The molecule has 0 bridgehead atoms. The van der Waals surface area contributed by atoms with Crippen molar-refractivity contribution in [3.05, 3.63) is 23.8 Å². The molecule has 0 spiro atoms. The smallest absolute Gasteiger partial charge is 0.169 e. The van der Waals surface area contributed by atoms with Crippen LogP contribution < -0.4 is 15.2 Å². The van der Waals surface area contributed by atoms with Gasteiger partial charge in [0.2, 0.25) is 0 Å². The Kier molecular flexibility index (Phi) is 2.59. The monoisotopic (exact) mass is 246 g/mol. The quantitative estimate of drug-likeness (QED) is 0.836. The number of rotatable bonds is 1. The van der Waals surface area contributed by atoms with Crippen LogP contribution in [0, 0.1) is 6.92 Å². The highest BCUT2D eigenvalue weighted by atomic mass is 16.5. The fraction of sp³-hybridized carbons (Fsp3) is 0.308. The van der Waals surface area contributed by atoms with Crippen molar-refractivity contribution >= 4 is 5.82 Å². The van der Waals surface area contributed by atoms with E-state index in [0.29, 0.717) is 24.8 Å². The van der Waals surface area contributed by atoms with E-state index in [2.05, 4.69) is 5.16 Å². The number of anilines is 1. The first kappa shape index (κ1) is 11.0. The highest BCUT2D eigenvalue weighted by Gasteiger charge is 2.16. The molecular weight excluding hydrogens is 232 g/mol. The molecule has 0 saturated heterocycles. The number of benzene rings is 1. The molecule has 2 aromatic rings. The second-order valence-electron chi connectivity index (χ2n) is 4.28. The SMILES string of the molecule is Cc1cc2c(cc1-c1cc(N)no1)OCCCO2. The van der Waals surface area contributed by atoms with Crippen molar-refractivity contribution in [3.8, 4) is 22.8 Å². The third-order valence-corrected chi connectivity index (χ3v) is 2.89. The zero-order chi connectivity index (χ0) is 12.5. The Bertz CT molecular complexity index is 578. The van der Waals surface area contributed by atoms with Crippen LogP contribution in [0.5, 0.6) is 11.5 Å². The van der Waals surface area contributed by atoms with Crippen molar-refractivity contribution < 1.29 is 14.0 Å². The van der Waals surface area contributed by atoms with Crippen LogP contribution in [-0.4, -0.2) is 18.4 Å². The normalized spacial score (nSPS) is 14.3. The van der Waals surface area contributed by atoms with Crippen LogP contribution >= 0.6 is 0 Å². The number of nitrogen functional groups attached to an aromatic ring is 1. The average molecular weight is 246 g/mol. The highest BCUT2D eigenvalue weighted by Crippen LogP contribution is 2.37. The number of nitrogens with two attached hydrogens (primary N) is 1. The lowest BCUT2D eigenvalue weighted by Gasteiger charge is -2.10. The van der Waals surface area contributed by atoms with E-state index in [4.69, 9.17) is 19.7 Å². The average Bonchev–Trinajstić information content (AvgIpc) is 2.65. The molecule has 1 aliphatic rings. The number of nitrogens with zero attached hydrogens (tertiary/aromatic N) is 1. The first-order valence-corrected chi connectivity index (χ1v) is 5.87. The summed E-state index contributed by atoms with van der Waals surface area (Å²) in [7, 11) is 0. The maximum atomic E-state index is 5.65. The van der Waals surface area contributed by atoms with Crippen LogP contribution in [0.15, 0.2) is 22.7 Å². The van der Waals surface area contributed by atoms with Gasteiger partial charge in [0, 0.05) is 18.1 Å². The zero-order valence-electron chi connectivity index (χ0n) is 10.1. The Hall–Kier alpha value is -2.17. The fourth-order valence-corrected chi connectivity index (χ4v) is 1.99. The molecule has 5 nitrogen and oxygen atoms in total. The first-order chi connectivity index (χ1) is 8.74. The molecule has 94 valence electrons. The van der Waals surface area contributed by atoms with Gasteiger partial charge in [-0.05, 0) is 24.6 Å². The van der Waals surface area contributed by atoms with Gasteiger partial charge in [-0.1, -0.05) is 5.16 Å². The Labute approximate surface area is 104 Å². The first-order valence-electron chi connectivity index (χ1n) is 5.87. The van der Waals surface area contributed by atoms with E-state index in [-0.39, 0.29) is 0 Å². The van der Waals surface area contributed by atoms with Crippen LogP contribution in [0.25, 0.3) is 11.3 Å². The minimum atomic E-state index is 0.372. The molecule has 3 rings (SSSR count). The maximum absolute atomic E-state index is 5.65. The topological polar surface area (TPSA) is 70.5 Å². The minimum absolute atomic E-state index is 0.372. The van der Waals surface area contributed by atoms with Crippen LogP contribution in [0.1, 0.15) is 12.0 Å². The lowest BCUT2D eigenvalue weighted by atomic mass is 10.1. The summed E-state index contributed by atoms with van der Waals surface area (Å²) in [5, 5.41) is 3.70. The fourth-order valence-electron chi connectivity index (χ4n) is 1.99. The predicted molar refractivity (Wildman–Crippen MR) is 66.7 cm³/mol. The van der Waals surface area contributed by atoms with E-state index in [1.165, 1.54) is 0 Å². The molecule has 0 saturated carbocycles. The molecule has 0 amide bonds. The van der Waals surface area contributed by atoms with Gasteiger partial charge in [-0.2, -0.15) is 0 Å². The van der Waals surface area contributed by atoms with Gasteiger partial charge >= 0.3 is 0 Å². The number of hydrogen-bond donors (Lipinski definition) is 1. The summed E-state index contributed by atoms with van der Waals surface area (Å²) in [6, 6.07) is 5.57. The second-order valence-corrected chi connectivity index (χ2v) is 4.28. The summed E-state index contributed by atoms with van der Waals surface area (Å²) in [6.07, 6.45) is 0.887. The largest absolute Gasteiger partial charge is 0.490 e. The predicted octanol–water partition coefficient (Wildman–Crippen LogP) is 2.39. The molecule has 2 N–H and O–H groups in total. The molecule has 18 heavy (non-hydrogen) atoms. The molecule has 1 aromatic heterocycles. The Morgan fingerprint density at radius 1 is 1.11 bits per heavy atom. The van der Waals surface area contributed by atoms with E-state index in [1.54, 1.807) is 6.07 Å². The van der Waals surface area contributed by atoms with Gasteiger partial charge in [-0.3, -0.25) is 0 Å². The summed E-state index contributed by atoms with van der Waals surface area (Å²) in [6.45, 7) is 3.33. The molecule has 0 radical (unpaired) electrons. The Balaban J connectivity index is 2.08. The minimum Gasteiger partial charge on any atom is -0.490 e. The molecule has 0 fully saturated rings. The van der Waals surface area contributed by atoms with Gasteiger partial charge in [0.1, 0.15) is 0 Å². The second kappa shape index (κ2) is 4.25. The molecule has 2 heterocycles. The van der Waals surface area contributed by atoms with E-state index in [9.17, 15) is 0 Å². The van der Waals surface area contributed by atoms with Crippen molar-refractivity contribution in [2.45, 2.75) is 13.3 Å². The van der Waals surface area contributed by atoms with Crippen molar-refractivity contribution in [2.75, 3.05) is 18.9 Å². The lowest BCUT2D eigenvalue weighted by molar-refractivity contribution is 0.297. The summed E-state index contributed by atoms with van der Waals surface area (Å²) in [5.74, 6) is 2.53. The maximum Gasteiger partial charge on any atom is 0.169 e. The number of hydrogen-bond acceptors (Lipinski definition) is 5. The number of ether oxygens (including phenoxy) is 2. The van der Waals surface area contributed by atoms with Crippen molar-refractivity contribution in [1.29, 1.82) is 0 Å². The molecule has 5 heteroatoms. The molecule has 0 atom stereocenters. The Morgan fingerprint density at radius 2 is 1.83 bits per heavy atom. The molecule has 1 aliphatic heterocycles. The van der Waals surface area contributed by atoms with E-state index < -0.39 is 0 Å². The zero-order valence-corrected chi connectivity index (χ0v) is 10.1. The van der Waals surface area contributed by atoms with E-state index >= 15 is 0 Å². The third-order valence-electron chi connectivity index (χ3n) is 2.89. The van der Waals surface area contributed by atoms with Crippen LogP contribution in [-0.2, 0) is 0 Å². The number of fused-ring (bicyclic) bond motifs is 1. The van der Waals surface area contributed by atoms with Crippen molar-refractivity contribution in [1.82, 2.24) is 5.16 Å². The molecular formula is C13H14N2O3. The summed E-state index contributed by atoms with van der Waals surface area (Å²) < 4.78 is 16.5. The van der Waals surface area contributed by atoms with Gasteiger partial charge in [-0.25, -0.2) is 0 Å². The third kappa shape index (κ3) is 1.88. The summed E-state index contributed by atoms with van der Waals surface area (Å²) >= 11 is 0. The van der Waals surface area contributed by atoms with E-state index in [0.717, 1.165) is 29.0 Å². The van der Waals surface area contributed by atoms with Crippen LogP contribution in [0.2, 0.25) is 0 Å². The van der Waals surface area contributed by atoms with Crippen molar-refractivity contribution in [3.63, 3.8) is 0 Å². The molecule has 0 unspecified atom stereocenters. The number of aryl methyl sites for hydroxylation is 1. The van der Waals surface area contributed by atoms with Crippen LogP contribution in [0.3, 0.4) is 0 Å². The van der Waals surface area contributed by atoms with Gasteiger partial charge < -0.3 is 19.7 Å². The molecule has 0 aliphatic carbocycles.